The Balaban J connectivity index is 2.12. The first-order chi connectivity index (χ1) is 9.93. The molecule has 4 heteroatoms. The van der Waals surface area contributed by atoms with Crippen molar-refractivity contribution in [2.24, 2.45) is 0 Å². The van der Waals surface area contributed by atoms with Gasteiger partial charge in [0.2, 0.25) is 0 Å². The fourth-order valence-electron chi connectivity index (χ4n) is 2.42. The second kappa shape index (κ2) is 4.35. The maximum Gasteiger partial charge on any atom is 0.103 e. The highest BCUT2D eigenvalue weighted by Gasteiger charge is 2.10. The van der Waals surface area contributed by atoms with E-state index in [-0.39, 0.29) is 0 Å². The van der Waals surface area contributed by atoms with Crippen LogP contribution in [-0.2, 0) is 0 Å². The Morgan fingerprint density at radius 1 is 0.650 bits per heavy atom. The summed E-state index contributed by atoms with van der Waals surface area (Å²) in [4.78, 5) is 0. The van der Waals surface area contributed by atoms with E-state index in [4.69, 9.17) is 0 Å². The van der Waals surface area contributed by atoms with Gasteiger partial charge in [-0.25, -0.2) is 0 Å². The van der Waals surface area contributed by atoms with Crippen LogP contribution in [0.4, 0.5) is 0 Å². The van der Waals surface area contributed by atoms with Crippen LogP contribution in [0.15, 0.2) is 60.9 Å². The van der Waals surface area contributed by atoms with Crippen LogP contribution in [0.5, 0.6) is 0 Å². The summed E-state index contributed by atoms with van der Waals surface area (Å²) in [6, 6.07) is 16.0. The topological polar surface area (TPSA) is 51.6 Å². The van der Waals surface area contributed by atoms with Gasteiger partial charge in [-0.15, -0.1) is 5.10 Å². The Kier molecular flexibility index (Phi) is 2.39. The third-order valence-electron chi connectivity index (χ3n) is 3.37. The minimum absolute atomic E-state index is 0.842. The summed E-state index contributed by atoms with van der Waals surface area (Å²) in [5.41, 5.74) is 2.66. The van der Waals surface area contributed by atoms with Crippen LogP contribution in [0.2, 0.25) is 0 Å². The SMILES string of the molecule is c1ccc2c(-c3cnnc4ccccc34)nncc2c1. The number of hydrogen-bond acceptors (Lipinski definition) is 4. The molecule has 0 saturated carbocycles. The molecule has 0 N–H and O–H groups in total. The minimum atomic E-state index is 0.842. The van der Waals surface area contributed by atoms with Crippen molar-refractivity contribution in [3.63, 3.8) is 0 Å². The summed E-state index contributed by atoms with van der Waals surface area (Å²) >= 11 is 0. The van der Waals surface area contributed by atoms with E-state index in [0.717, 1.165) is 32.9 Å². The van der Waals surface area contributed by atoms with Crippen molar-refractivity contribution in [3.05, 3.63) is 60.9 Å². The maximum atomic E-state index is 4.31. The van der Waals surface area contributed by atoms with Crippen molar-refractivity contribution in [1.29, 1.82) is 0 Å². The maximum absolute atomic E-state index is 4.31. The smallest absolute Gasteiger partial charge is 0.103 e. The van der Waals surface area contributed by atoms with Crippen molar-refractivity contribution in [2.75, 3.05) is 0 Å². The number of fused-ring (bicyclic) bond motifs is 2. The van der Waals surface area contributed by atoms with Gasteiger partial charge < -0.3 is 0 Å². The molecule has 4 nitrogen and oxygen atoms in total. The van der Waals surface area contributed by atoms with Gasteiger partial charge in [-0.3, -0.25) is 0 Å². The largest absolute Gasteiger partial charge is 0.158 e. The Hall–Kier alpha value is -2.88. The van der Waals surface area contributed by atoms with Gasteiger partial charge in [0.25, 0.3) is 0 Å². The molecular formula is C16H10N4. The second-order valence-corrected chi connectivity index (χ2v) is 4.56. The quantitative estimate of drug-likeness (QED) is 0.526. The minimum Gasteiger partial charge on any atom is -0.158 e. The summed E-state index contributed by atoms with van der Waals surface area (Å²) in [5, 5.41) is 19.8. The Bertz CT molecular complexity index is 830. The fourth-order valence-corrected chi connectivity index (χ4v) is 2.42. The fraction of sp³-hybridized carbons (Fsp3) is 0. The van der Waals surface area contributed by atoms with E-state index >= 15 is 0 Å². The van der Waals surface area contributed by atoms with Gasteiger partial charge >= 0.3 is 0 Å². The molecule has 94 valence electrons. The van der Waals surface area contributed by atoms with Crippen LogP contribution in [0.3, 0.4) is 0 Å². The van der Waals surface area contributed by atoms with Crippen LogP contribution in [0, 0.1) is 0 Å². The zero-order chi connectivity index (χ0) is 13.4. The molecule has 0 bridgehead atoms. The molecule has 0 fully saturated rings. The predicted molar refractivity (Wildman–Crippen MR) is 78.1 cm³/mol. The van der Waals surface area contributed by atoms with Crippen LogP contribution in [0.1, 0.15) is 0 Å². The molecule has 0 amide bonds. The standard InChI is InChI=1S/C16H10N4/c1-2-6-12-11(5-1)9-17-20-16(12)14-10-18-19-15-8-4-3-7-13(14)15/h1-10H. The van der Waals surface area contributed by atoms with Crippen molar-refractivity contribution in [2.45, 2.75) is 0 Å². The molecule has 4 aromatic rings. The van der Waals surface area contributed by atoms with E-state index in [1.165, 1.54) is 0 Å². The number of rotatable bonds is 1. The van der Waals surface area contributed by atoms with Crippen LogP contribution in [-0.4, -0.2) is 20.4 Å². The number of benzene rings is 2. The van der Waals surface area contributed by atoms with Crippen molar-refractivity contribution in [1.82, 2.24) is 20.4 Å². The molecule has 0 aliphatic carbocycles. The lowest BCUT2D eigenvalue weighted by molar-refractivity contribution is 1.04. The molecule has 0 spiro atoms. The van der Waals surface area contributed by atoms with Gasteiger partial charge in [0.15, 0.2) is 0 Å². The first-order valence-electron chi connectivity index (χ1n) is 6.35. The number of aromatic nitrogens is 4. The highest BCUT2D eigenvalue weighted by molar-refractivity contribution is 6.01. The van der Waals surface area contributed by atoms with Crippen molar-refractivity contribution >= 4 is 21.7 Å². The third-order valence-corrected chi connectivity index (χ3v) is 3.37. The zero-order valence-corrected chi connectivity index (χ0v) is 10.6. The molecule has 20 heavy (non-hydrogen) atoms. The molecule has 2 aromatic carbocycles. The highest BCUT2D eigenvalue weighted by Crippen LogP contribution is 2.29. The molecule has 0 aliphatic heterocycles. The summed E-state index contributed by atoms with van der Waals surface area (Å²) in [6.07, 6.45) is 3.52. The lowest BCUT2D eigenvalue weighted by Crippen LogP contribution is -1.93. The van der Waals surface area contributed by atoms with Gasteiger partial charge in [0.1, 0.15) is 5.69 Å². The van der Waals surface area contributed by atoms with E-state index < -0.39 is 0 Å². The first kappa shape index (κ1) is 11.0. The van der Waals surface area contributed by atoms with Crippen LogP contribution in [0.25, 0.3) is 32.9 Å². The molecular weight excluding hydrogens is 248 g/mol. The average Bonchev–Trinajstić information content (AvgIpc) is 2.54. The Morgan fingerprint density at radius 3 is 2.35 bits per heavy atom. The lowest BCUT2D eigenvalue weighted by Gasteiger charge is -2.06. The molecule has 2 aromatic heterocycles. The van der Waals surface area contributed by atoms with Gasteiger partial charge in [0, 0.05) is 21.7 Å². The first-order valence-corrected chi connectivity index (χ1v) is 6.35. The normalized spacial score (nSPS) is 11.0. The summed E-state index contributed by atoms with van der Waals surface area (Å²) in [7, 11) is 0. The van der Waals surface area contributed by atoms with E-state index in [2.05, 4.69) is 26.5 Å². The summed E-state index contributed by atoms with van der Waals surface area (Å²) in [6.45, 7) is 0. The molecule has 0 radical (unpaired) electrons. The molecule has 4 rings (SSSR count). The monoisotopic (exact) mass is 258 g/mol. The Morgan fingerprint density at radius 2 is 1.40 bits per heavy atom. The van der Waals surface area contributed by atoms with Gasteiger partial charge in [-0.2, -0.15) is 15.3 Å². The predicted octanol–water partition coefficient (Wildman–Crippen LogP) is 3.24. The van der Waals surface area contributed by atoms with Crippen molar-refractivity contribution < 1.29 is 0 Å². The van der Waals surface area contributed by atoms with Crippen LogP contribution >= 0.6 is 0 Å². The molecule has 0 atom stereocenters. The van der Waals surface area contributed by atoms with E-state index in [1.54, 1.807) is 12.4 Å². The lowest BCUT2D eigenvalue weighted by atomic mass is 10.0. The third kappa shape index (κ3) is 1.62. The Labute approximate surface area is 115 Å². The van der Waals surface area contributed by atoms with Crippen LogP contribution < -0.4 is 0 Å². The molecule has 0 aliphatic rings. The summed E-state index contributed by atoms with van der Waals surface area (Å²) in [5.74, 6) is 0. The highest BCUT2D eigenvalue weighted by atomic mass is 15.1. The van der Waals surface area contributed by atoms with E-state index in [0.29, 0.717) is 0 Å². The van der Waals surface area contributed by atoms with E-state index in [1.807, 2.05) is 42.5 Å². The second-order valence-electron chi connectivity index (χ2n) is 4.56. The average molecular weight is 258 g/mol. The van der Waals surface area contributed by atoms with Gasteiger partial charge in [0.05, 0.1) is 17.9 Å². The van der Waals surface area contributed by atoms with Gasteiger partial charge in [-0.05, 0) is 6.07 Å². The number of nitrogens with zero attached hydrogens (tertiary/aromatic N) is 4. The molecule has 0 saturated heterocycles. The molecule has 0 unspecified atom stereocenters. The molecule has 2 heterocycles. The van der Waals surface area contributed by atoms with E-state index in [9.17, 15) is 0 Å². The summed E-state index contributed by atoms with van der Waals surface area (Å²) < 4.78 is 0. The zero-order valence-electron chi connectivity index (χ0n) is 10.6. The van der Waals surface area contributed by atoms with Crippen molar-refractivity contribution in [3.8, 4) is 11.3 Å². The number of hydrogen-bond donors (Lipinski definition) is 0. The van der Waals surface area contributed by atoms with Gasteiger partial charge in [-0.1, -0.05) is 42.5 Å².